The maximum absolute atomic E-state index is 12.2. The van der Waals surface area contributed by atoms with Crippen molar-refractivity contribution in [1.82, 2.24) is 5.32 Å². The third-order valence-electron chi connectivity index (χ3n) is 3.52. The van der Waals surface area contributed by atoms with Gasteiger partial charge in [0.25, 0.3) is 5.91 Å². The van der Waals surface area contributed by atoms with Crippen LogP contribution >= 0.6 is 0 Å². The smallest absolute Gasteiger partial charge is 0.310 e. The number of aliphatic carboxylic acids is 1. The molecule has 1 aliphatic carbocycles. The van der Waals surface area contributed by atoms with E-state index < -0.39 is 17.0 Å². The predicted octanol–water partition coefficient (Wildman–Crippen LogP) is 1.56. The summed E-state index contributed by atoms with van der Waals surface area (Å²) in [6, 6.07) is 0. The summed E-state index contributed by atoms with van der Waals surface area (Å²) in [5.74, 6) is -1.09. The van der Waals surface area contributed by atoms with Gasteiger partial charge in [-0.3, -0.25) is 9.59 Å². The van der Waals surface area contributed by atoms with Crippen LogP contribution in [0.4, 0.5) is 0 Å². The van der Waals surface area contributed by atoms with E-state index in [2.05, 4.69) is 5.32 Å². The van der Waals surface area contributed by atoms with Crippen molar-refractivity contribution in [3.8, 4) is 0 Å². The first-order valence-corrected chi connectivity index (χ1v) is 6.50. The molecule has 0 radical (unpaired) electrons. The molecule has 2 N–H and O–H groups in total. The highest BCUT2D eigenvalue weighted by Crippen LogP contribution is 2.33. The summed E-state index contributed by atoms with van der Waals surface area (Å²) in [6.45, 7) is 5.68. The fraction of sp³-hybridized carbons (Fsp3) is 0.846. The van der Waals surface area contributed by atoms with E-state index in [0.29, 0.717) is 6.61 Å². The van der Waals surface area contributed by atoms with E-state index in [4.69, 9.17) is 9.84 Å². The first-order valence-electron chi connectivity index (χ1n) is 6.50. The van der Waals surface area contributed by atoms with Crippen LogP contribution < -0.4 is 5.32 Å². The minimum absolute atomic E-state index is 0.121. The third kappa shape index (κ3) is 3.22. The molecule has 0 unspecified atom stereocenters. The molecule has 0 aromatic heterocycles. The van der Waals surface area contributed by atoms with E-state index in [1.807, 2.05) is 6.92 Å². The number of rotatable bonds is 6. The van der Waals surface area contributed by atoms with Crippen LogP contribution in [0.2, 0.25) is 0 Å². The fourth-order valence-corrected chi connectivity index (χ4v) is 2.20. The van der Waals surface area contributed by atoms with Crippen molar-refractivity contribution >= 4 is 11.9 Å². The van der Waals surface area contributed by atoms with Crippen LogP contribution in [0.3, 0.4) is 0 Å². The Morgan fingerprint density at radius 2 is 1.89 bits per heavy atom. The highest BCUT2D eigenvalue weighted by atomic mass is 16.5. The van der Waals surface area contributed by atoms with Gasteiger partial charge in [-0.05, 0) is 46.5 Å². The standard InChI is InChI=1S/C13H23NO4/c1-4-18-13(7-5-6-8-13)10(15)14-9-12(2,3)11(16)17/h4-9H2,1-3H3,(H,14,15)(H,16,17). The summed E-state index contributed by atoms with van der Waals surface area (Å²) in [6.07, 6.45) is 3.41. The van der Waals surface area contributed by atoms with Crippen molar-refractivity contribution in [3.05, 3.63) is 0 Å². The molecule has 0 spiro atoms. The van der Waals surface area contributed by atoms with Crippen molar-refractivity contribution in [3.63, 3.8) is 0 Å². The normalized spacial score (nSPS) is 18.6. The quantitative estimate of drug-likeness (QED) is 0.757. The van der Waals surface area contributed by atoms with Crippen LogP contribution in [0.1, 0.15) is 46.5 Å². The maximum atomic E-state index is 12.2. The van der Waals surface area contributed by atoms with Gasteiger partial charge in [0.2, 0.25) is 0 Å². The molecular weight excluding hydrogens is 234 g/mol. The van der Waals surface area contributed by atoms with Gasteiger partial charge in [0.15, 0.2) is 0 Å². The molecular formula is C13H23NO4. The fourth-order valence-electron chi connectivity index (χ4n) is 2.20. The zero-order valence-electron chi connectivity index (χ0n) is 11.4. The van der Waals surface area contributed by atoms with Gasteiger partial charge < -0.3 is 15.2 Å². The van der Waals surface area contributed by atoms with Crippen LogP contribution in [0.15, 0.2) is 0 Å². The van der Waals surface area contributed by atoms with E-state index in [-0.39, 0.29) is 12.5 Å². The molecule has 0 aromatic carbocycles. The number of ether oxygens (including phenoxy) is 1. The first kappa shape index (κ1) is 15.0. The Balaban J connectivity index is 2.61. The van der Waals surface area contributed by atoms with Crippen molar-refractivity contribution in [2.45, 2.75) is 52.1 Å². The van der Waals surface area contributed by atoms with E-state index in [1.54, 1.807) is 13.8 Å². The van der Waals surface area contributed by atoms with Crippen LogP contribution in [-0.4, -0.2) is 35.7 Å². The Hall–Kier alpha value is -1.10. The van der Waals surface area contributed by atoms with Crippen LogP contribution in [0.25, 0.3) is 0 Å². The Labute approximate surface area is 108 Å². The lowest BCUT2D eigenvalue weighted by Crippen LogP contribution is -2.50. The highest BCUT2D eigenvalue weighted by molar-refractivity contribution is 5.86. The summed E-state index contributed by atoms with van der Waals surface area (Å²) >= 11 is 0. The summed E-state index contributed by atoms with van der Waals surface area (Å²) in [7, 11) is 0. The molecule has 1 aliphatic rings. The Morgan fingerprint density at radius 3 is 2.33 bits per heavy atom. The van der Waals surface area contributed by atoms with Crippen molar-refractivity contribution in [2.75, 3.05) is 13.2 Å². The second-order valence-electron chi connectivity index (χ2n) is 5.51. The molecule has 5 nitrogen and oxygen atoms in total. The summed E-state index contributed by atoms with van der Waals surface area (Å²) in [5.41, 5.74) is -1.69. The van der Waals surface area contributed by atoms with E-state index >= 15 is 0 Å². The van der Waals surface area contributed by atoms with Gasteiger partial charge in [0.05, 0.1) is 5.41 Å². The summed E-state index contributed by atoms with van der Waals surface area (Å²) in [4.78, 5) is 23.2. The number of carbonyl (C=O) groups is 2. The molecule has 1 rings (SSSR count). The van der Waals surface area contributed by atoms with Crippen LogP contribution in [0.5, 0.6) is 0 Å². The lowest BCUT2D eigenvalue weighted by molar-refractivity contribution is -0.150. The Morgan fingerprint density at radius 1 is 1.33 bits per heavy atom. The predicted molar refractivity (Wildman–Crippen MR) is 67.3 cm³/mol. The van der Waals surface area contributed by atoms with Gasteiger partial charge in [-0.25, -0.2) is 0 Å². The molecule has 0 aromatic rings. The van der Waals surface area contributed by atoms with Gasteiger partial charge in [-0.1, -0.05) is 0 Å². The molecule has 5 heteroatoms. The number of carboxylic acid groups (broad SMARTS) is 1. The SMILES string of the molecule is CCOC1(C(=O)NCC(C)(C)C(=O)O)CCCC1. The van der Waals surface area contributed by atoms with Crippen molar-refractivity contribution < 1.29 is 19.4 Å². The number of carbonyl (C=O) groups excluding carboxylic acids is 1. The minimum atomic E-state index is -0.957. The molecule has 104 valence electrons. The van der Waals surface area contributed by atoms with Gasteiger partial charge in [-0.15, -0.1) is 0 Å². The number of hydrogen-bond donors (Lipinski definition) is 2. The zero-order valence-corrected chi connectivity index (χ0v) is 11.4. The van der Waals surface area contributed by atoms with E-state index in [1.165, 1.54) is 0 Å². The highest BCUT2D eigenvalue weighted by Gasteiger charge is 2.42. The second kappa shape index (κ2) is 5.69. The molecule has 0 atom stereocenters. The van der Waals surface area contributed by atoms with Gasteiger partial charge in [0, 0.05) is 13.2 Å². The van der Waals surface area contributed by atoms with Gasteiger partial charge in [-0.2, -0.15) is 0 Å². The molecule has 0 aliphatic heterocycles. The maximum Gasteiger partial charge on any atom is 0.310 e. The van der Waals surface area contributed by atoms with Gasteiger partial charge >= 0.3 is 5.97 Å². The first-order chi connectivity index (χ1) is 8.34. The number of carboxylic acids is 1. The molecule has 1 fully saturated rings. The zero-order chi connectivity index (χ0) is 13.8. The Kier molecular flexibility index (Phi) is 4.73. The average molecular weight is 257 g/mol. The summed E-state index contributed by atoms with van der Waals surface area (Å²) < 4.78 is 5.62. The third-order valence-corrected chi connectivity index (χ3v) is 3.52. The van der Waals surface area contributed by atoms with Crippen molar-refractivity contribution in [1.29, 1.82) is 0 Å². The lowest BCUT2D eigenvalue weighted by atomic mass is 9.93. The van der Waals surface area contributed by atoms with E-state index in [0.717, 1.165) is 25.7 Å². The molecule has 1 saturated carbocycles. The lowest BCUT2D eigenvalue weighted by Gasteiger charge is -2.29. The number of amides is 1. The Bertz CT molecular complexity index is 319. The molecule has 1 amide bonds. The largest absolute Gasteiger partial charge is 0.481 e. The monoisotopic (exact) mass is 257 g/mol. The molecule has 0 heterocycles. The second-order valence-corrected chi connectivity index (χ2v) is 5.51. The average Bonchev–Trinajstić information content (AvgIpc) is 2.76. The number of hydrogen-bond acceptors (Lipinski definition) is 3. The minimum Gasteiger partial charge on any atom is -0.481 e. The molecule has 18 heavy (non-hydrogen) atoms. The van der Waals surface area contributed by atoms with Gasteiger partial charge in [0.1, 0.15) is 5.60 Å². The van der Waals surface area contributed by atoms with Crippen LogP contribution in [0, 0.1) is 5.41 Å². The number of nitrogens with one attached hydrogen (secondary N) is 1. The van der Waals surface area contributed by atoms with Crippen molar-refractivity contribution in [2.24, 2.45) is 5.41 Å². The molecule has 0 bridgehead atoms. The topological polar surface area (TPSA) is 75.6 Å². The van der Waals surface area contributed by atoms with E-state index in [9.17, 15) is 9.59 Å². The van der Waals surface area contributed by atoms with Crippen LogP contribution in [-0.2, 0) is 14.3 Å². The molecule has 0 saturated heterocycles. The summed E-state index contributed by atoms with van der Waals surface area (Å²) in [5, 5.41) is 11.7.